The van der Waals surface area contributed by atoms with E-state index in [2.05, 4.69) is 15.5 Å². The Hall–Kier alpha value is -2.31. The third-order valence-corrected chi connectivity index (χ3v) is 4.15. The maximum absolute atomic E-state index is 12.9. The Balaban J connectivity index is 1.66. The molecule has 1 aromatic heterocycles. The lowest BCUT2D eigenvalue weighted by atomic mass is 10.2. The van der Waals surface area contributed by atoms with Crippen LogP contribution >= 0.6 is 22.9 Å². The molecule has 0 spiro atoms. The monoisotopic (exact) mass is 347 g/mol. The Morgan fingerprint density at radius 1 is 1.09 bits per heavy atom. The van der Waals surface area contributed by atoms with Gasteiger partial charge in [-0.1, -0.05) is 35.1 Å². The fraction of sp³-hybridized carbons (Fsp3) is 0.0625. The van der Waals surface area contributed by atoms with Gasteiger partial charge >= 0.3 is 0 Å². The van der Waals surface area contributed by atoms with Crippen molar-refractivity contribution in [2.24, 2.45) is 0 Å². The summed E-state index contributed by atoms with van der Waals surface area (Å²) in [6, 6.07) is 12.8. The number of rotatable bonds is 4. The number of hydrogen-bond acceptors (Lipinski definition) is 4. The van der Waals surface area contributed by atoms with E-state index < -0.39 is 0 Å². The molecule has 23 heavy (non-hydrogen) atoms. The standard InChI is InChI=1S/C16H11ClFN3OS/c17-12-5-1-10(2-6-12)9-14-20-21-16(23-14)19-15(22)11-3-7-13(18)8-4-11/h1-8H,9H2,(H,19,21,22). The molecule has 0 saturated heterocycles. The molecule has 0 radical (unpaired) electrons. The van der Waals surface area contributed by atoms with Gasteiger partial charge in [-0.25, -0.2) is 4.39 Å². The lowest BCUT2D eigenvalue weighted by molar-refractivity contribution is 0.102. The molecule has 0 aliphatic carbocycles. The van der Waals surface area contributed by atoms with Crippen molar-refractivity contribution < 1.29 is 9.18 Å². The summed E-state index contributed by atoms with van der Waals surface area (Å²) in [5, 5.41) is 12.5. The van der Waals surface area contributed by atoms with Crippen molar-refractivity contribution in [2.75, 3.05) is 5.32 Å². The minimum Gasteiger partial charge on any atom is -0.296 e. The average molecular weight is 348 g/mol. The summed E-state index contributed by atoms with van der Waals surface area (Å²) < 4.78 is 12.9. The molecule has 1 heterocycles. The van der Waals surface area contributed by atoms with Crippen LogP contribution in [-0.2, 0) is 6.42 Å². The number of nitrogens with zero attached hydrogens (tertiary/aromatic N) is 2. The van der Waals surface area contributed by atoms with E-state index in [9.17, 15) is 9.18 Å². The molecule has 0 atom stereocenters. The van der Waals surface area contributed by atoms with Crippen LogP contribution in [0.4, 0.5) is 9.52 Å². The van der Waals surface area contributed by atoms with Crippen LogP contribution in [0.15, 0.2) is 48.5 Å². The van der Waals surface area contributed by atoms with Crippen LogP contribution < -0.4 is 5.32 Å². The van der Waals surface area contributed by atoms with Crippen molar-refractivity contribution >= 4 is 34.0 Å². The van der Waals surface area contributed by atoms with Gasteiger partial charge in [0.15, 0.2) is 0 Å². The molecule has 7 heteroatoms. The lowest BCUT2D eigenvalue weighted by Crippen LogP contribution is -2.11. The van der Waals surface area contributed by atoms with Crippen molar-refractivity contribution in [1.82, 2.24) is 10.2 Å². The summed E-state index contributed by atoms with van der Waals surface area (Å²) in [6.45, 7) is 0. The number of halogens is 2. The Morgan fingerprint density at radius 3 is 2.48 bits per heavy atom. The van der Waals surface area contributed by atoms with E-state index in [1.807, 2.05) is 24.3 Å². The molecule has 0 unspecified atom stereocenters. The lowest BCUT2D eigenvalue weighted by Gasteiger charge is -2.00. The van der Waals surface area contributed by atoms with Crippen LogP contribution in [0.2, 0.25) is 5.02 Å². The van der Waals surface area contributed by atoms with Crippen molar-refractivity contribution in [2.45, 2.75) is 6.42 Å². The number of benzene rings is 2. The molecular formula is C16H11ClFN3OS. The van der Waals surface area contributed by atoms with Crippen LogP contribution in [0.25, 0.3) is 0 Å². The highest BCUT2D eigenvalue weighted by molar-refractivity contribution is 7.15. The summed E-state index contributed by atoms with van der Waals surface area (Å²) in [7, 11) is 0. The first-order valence-electron chi connectivity index (χ1n) is 6.74. The number of hydrogen-bond donors (Lipinski definition) is 1. The van der Waals surface area contributed by atoms with Gasteiger partial charge in [0.1, 0.15) is 10.8 Å². The summed E-state index contributed by atoms with van der Waals surface area (Å²) in [5.74, 6) is -0.734. The van der Waals surface area contributed by atoms with E-state index in [4.69, 9.17) is 11.6 Å². The smallest absolute Gasteiger partial charge is 0.257 e. The van der Waals surface area contributed by atoms with E-state index in [1.165, 1.54) is 35.6 Å². The SMILES string of the molecule is O=C(Nc1nnc(Cc2ccc(Cl)cc2)s1)c1ccc(F)cc1. The van der Waals surface area contributed by atoms with Gasteiger partial charge in [-0.2, -0.15) is 0 Å². The summed E-state index contributed by atoms with van der Waals surface area (Å²) in [6.07, 6.45) is 0.612. The number of carbonyl (C=O) groups is 1. The minimum atomic E-state index is -0.386. The first-order valence-corrected chi connectivity index (χ1v) is 7.93. The number of aromatic nitrogens is 2. The Morgan fingerprint density at radius 2 is 1.78 bits per heavy atom. The van der Waals surface area contributed by atoms with Gasteiger partial charge in [0.25, 0.3) is 5.91 Å². The maximum atomic E-state index is 12.9. The van der Waals surface area contributed by atoms with Crippen LogP contribution in [0.1, 0.15) is 20.9 Å². The van der Waals surface area contributed by atoms with Gasteiger partial charge in [-0.15, -0.1) is 10.2 Å². The summed E-state index contributed by atoms with van der Waals surface area (Å²) in [4.78, 5) is 12.0. The van der Waals surface area contributed by atoms with Crippen LogP contribution in [0.3, 0.4) is 0 Å². The Kier molecular flexibility index (Phi) is 4.64. The second-order valence-electron chi connectivity index (χ2n) is 4.77. The first-order chi connectivity index (χ1) is 11.1. The zero-order chi connectivity index (χ0) is 16.2. The predicted molar refractivity (Wildman–Crippen MR) is 88.5 cm³/mol. The molecule has 0 bridgehead atoms. The van der Waals surface area contributed by atoms with E-state index in [-0.39, 0.29) is 11.7 Å². The molecule has 0 aliphatic heterocycles. The fourth-order valence-electron chi connectivity index (χ4n) is 1.92. The zero-order valence-electron chi connectivity index (χ0n) is 11.8. The second kappa shape index (κ2) is 6.85. The van der Waals surface area contributed by atoms with Crippen LogP contribution in [0.5, 0.6) is 0 Å². The van der Waals surface area contributed by atoms with Crippen molar-refractivity contribution in [1.29, 1.82) is 0 Å². The molecule has 116 valence electrons. The number of amides is 1. The summed E-state index contributed by atoms with van der Waals surface area (Å²) in [5.41, 5.74) is 1.42. The van der Waals surface area contributed by atoms with Crippen LogP contribution in [0, 0.1) is 5.82 Å². The normalized spacial score (nSPS) is 10.5. The van der Waals surface area contributed by atoms with Gasteiger partial charge in [-0.3, -0.25) is 10.1 Å². The van der Waals surface area contributed by atoms with Gasteiger partial charge in [0.05, 0.1) is 0 Å². The van der Waals surface area contributed by atoms with Crippen molar-refractivity contribution in [3.63, 3.8) is 0 Å². The first kappa shape index (κ1) is 15.6. The third kappa shape index (κ3) is 4.12. The van der Waals surface area contributed by atoms with Gasteiger partial charge in [0, 0.05) is 17.0 Å². The highest BCUT2D eigenvalue weighted by Crippen LogP contribution is 2.20. The van der Waals surface area contributed by atoms with Crippen LogP contribution in [-0.4, -0.2) is 16.1 Å². The molecule has 0 aliphatic rings. The largest absolute Gasteiger partial charge is 0.296 e. The van der Waals surface area contributed by atoms with Gasteiger partial charge < -0.3 is 0 Å². The van der Waals surface area contributed by atoms with Gasteiger partial charge in [0.2, 0.25) is 5.13 Å². The van der Waals surface area contributed by atoms with Gasteiger partial charge in [-0.05, 0) is 42.0 Å². The number of carbonyl (C=O) groups excluding carboxylic acids is 1. The van der Waals surface area contributed by atoms with E-state index in [0.29, 0.717) is 22.1 Å². The molecule has 4 nitrogen and oxygen atoms in total. The van der Waals surface area contributed by atoms with E-state index in [0.717, 1.165) is 10.6 Å². The Labute approximate surface area is 141 Å². The van der Waals surface area contributed by atoms with Crippen molar-refractivity contribution in [3.8, 4) is 0 Å². The highest BCUT2D eigenvalue weighted by atomic mass is 35.5. The van der Waals surface area contributed by atoms with Crippen molar-refractivity contribution in [3.05, 3.63) is 75.5 Å². The highest BCUT2D eigenvalue weighted by Gasteiger charge is 2.10. The molecule has 1 N–H and O–H groups in total. The second-order valence-corrected chi connectivity index (χ2v) is 6.26. The molecule has 3 aromatic rings. The molecule has 0 saturated carbocycles. The number of anilines is 1. The van der Waals surface area contributed by atoms with E-state index >= 15 is 0 Å². The summed E-state index contributed by atoms with van der Waals surface area (Å²) >= 11 is 7.14. The molecule has 0 fully saturated rings. The predicted octanol–water partition coefficient (Wildman–Crippen LogP) is 4.17. The zero-order valence-corrected chi connectivity index (χ0v) is 13.4. The maximum Gasteiger partial charge on any atom is 0.257 e. The molecule has 2 aromatic carbocycles. The average Bonchev–Trinajstić information content (AvgIpc) is 2.97. The Bertz CT molecular complexity index is 818. The third-order valence-electron chi connectivity index (χ3n) is 3.06. The molecule has 1 amide bonds. The number of nitrogens with one attached hydrogen (secondary N) is 1. The fourth-order valence-corrected chi connectivity index (χ4v) is 2.82. The quantitative estimate of drug-likeness (QED) is 0.770. The van der Waals surface area contributed by atoms with E-state index in [1.54, 1.807) is 0 Å². The topological polar surface area (TPSA) is 54.9 Å². The molecule has 3 rings (SSSR count). The molecular weight excluding hydrogens is 337 g/mol. The minimum absolute atomic E-state index is 0.348.